The SMILES string of the molecule is CCCNCc1ccc(Br)cc1N(CC(N)=O)CC(N)=O. The van der Waals surface area contributed by atoms with Gasteiger partial charge in [0, 0.05) is 16.7 Å². The van der Waals surface area contributed by atoms with E-state index in [2.05, 4.69) is 28.2 Å². The molecule has 0 heterocycles. The first-order valence-electron chi connectivity index (χ1n) is 6.74. The predicted molar refractivity (Wildman–Crippen MR) is 86.7 cm³/mol. The monoisotopic (exact) mass is 356 g/mol. The van der Waals surface area contributed by atoms with E-state index in [1.165, 1.54) is 0 Å². The lowest BCUT2D eigenvalue weighted by molar-refractivity contribution is -0.117. The molecule has 0 aromatic heterocycles. The van der Waals surface area contributed by atoms with E-state index < -0.39 is 11.8 Å². The molecule has 1 aromatic carbocycles. The Morgan fingerprint density at radius 1 is 1.24 bits per heavy atom. The van der Waals surface area contributed by atoms with Crippen molar-refractivity contribution in [1.82, 2.24) is 5.32 Å². The number of carbonyl (C=O) groups excluding carboxylic acids is 2. The predicted octanol–water partition coefficient (Wildman–Crippen LogP) is 0.726. The highest BCUT2D eigenvalue weighted by Gasteiger charge is 2.16. The van der Waals surface area contributed by atoms with Crippen molar-refractivity contribution in [2.45, 2.75) is 19.9 Å². The number of amides is 2. The minimum atomic E-state index is -0.510. The number of halogens is 1. The number of carbonyl (C=O) groups is 2. The number of primary amides is 2. The average molecular weight is 357 g/mol. The van der Waals surface area contributed by atoms with Crippen molar-refractivity contribution in [1.29, 1.82) is 0 Å². The first-order valence-corrected chi connectivity index (χ1v) is 7.54. The van der Waals surface area contributed by atoms with E-state index in [9.17, 15) is 9.59 Å². The van der Waals surface area contributed by atoms with Crippen LogP contribution in [0.5, 0.6) is 0 Å². The van der Waals surface area contributed by atoms with Crippen LogP contribution >= 0.6 is 15.9 Å². The van der Waals surface area contributed by atoms with Crippen LogP contribution in [0.4, 0.5) is 5.69 Å². The molecule has 0 radical (unpaired) electrons. The molecule has 5 N–H and O–H groups in total. The highest BCUT2D eigenvalue weighted by Crippen LogP contribution is 2.25. The van der Waals surface area contributed by atoms with Gasteiger partial charge >= 0.3 is 0 Å². The maximum atomic E-state index is 11.2. The molecule has 6 nitrogen and oxygen atoms in total. The van der Waals surface area contributed by atoms with Crippen LogP contribution in [0.15, 0.2) is 22.7 Å². The third kappa shape index (κ3) is 6.14. The Balaban J connectivity index is 3.04. The van der Waals surface area contributed by atoms with Crippen molar-refractivity contribution >= 4 is 33.4 Å². The molecule has 0 fully saturated rings. The largest absolute Gasteiger partial charge is 0.368 e. The molecule has 0 atom stereocenters. The minimum absolute atomic E-state index is 0.0554. The Kier molecular flexibility index (Phi) is 7.18. The molecule has 0 unspecified atom stereocenters. The van der Waals surface area contributed by atoms with Crippen LogP contribution < -0.4 is 21.7 Å². The maximum absolute atomic E-state index is 11.2. The molecular formula is C14H21BrN4O2. The van der Waals surface area contributed by atoms with E-state index in [0.717, 1.165) is 28.7 Å². The number of hydrogen-bond acceptors (Lipinski definition) is 4. The zero-order valence-electron chi connectivity index (χ0n) is 12.1. The molecule has 0 spiro atoms. The van der Waals surface area contributed by atoms with Crippen LogP contribution in [0.25, 0.3) is 0 Å². The van der Waals surface area contributed by atoms with Crippen molar-refractivity contribution in [3.63, 3.8) is 0 Å². The summed E-state index contributed by atoms with van der Waals surface area (Å²) in [6, 6.07) is 5.71. The van der Waals surface area contributed by atoms with E-state index in [1.807, 2.05) is 18.2 Å². The zero-order valence-corrected chi connectivity index (χ0v) is 13.6. The summed E-state index contributed by atoms with van der Waals surface area (Å²) in [6.45, 7) is 3.51. The fraction of sp³-hybridized carbons (Fsp3) is 0.429. The average Bonchev–Trinajstić information content (AvgIpc) is 2.39. The van der Waals surface area contributed by atoms with Crippen molar-refractivity contribution in [2.24, 2.45) is 11.5 Å². The Bertz CT molecular complexity index is 492. The third-order valence-corrected chi connectivity index (χ3v) is 3.32. The summed E-state index contributed by atoms with van der Waals surface area (Å²) in [6.07, 6.45) is 1.03. The van der Waals surface area contributed by atoms with Gasteiger partial charge < -0.3 is 21.7 Å². The molecule has 0 aliphatic carbocycles. The number of nitrogens with one attached hydrogen (secondary N) is 1. The van der Waals surface area contributed by atoms with Crippen molar-refractivity contribution in [3.05, 3.63) is 28.2 Å². The topological polar surface area (TPSA) is 101 Å². The first kappa shape index (κ1) is 17.5. The number of hydrogen-bond donors (Lipinski definition) is 3. The van der Waals surface area contributed by atoms with Gasteiger partial charge in [-0.05, 0) is 30.7 Å². The summed E-state index contributed by atoms with van der Waals surface area (Å²) in [7, 11) is 0. The molecule has 0 aliphatic heterocycles. The Hall–Kier alpha value is -1.60. The lowest BCUT2D eigenvalue weighted by Crippen LogP contribution is -2.40. The molecular weight excluding hydrogens is 336 g/mol. The zero-order chi connectivity index (χ0) is 15.8. The van der Waals surface area contributed by atoms with Crippen LogP contribution in [-0.4, -0.2) is 31.4 Å². The Morgan fingerprint density at radius 2 is 1.86 bits per heavy atom. The minimum Gasteiger partial charge on any atom is -0.368 e. The number of nitrogens with two attached hydrogens (primary N) is 2. The second-order valence-corrected chi connectivity index (χ2v) is 5.65. The fourth-order valence-corrected chi connectivity index (χ4v) is 2.33. The van der Waals surface area contributed by atoms with Crippen molar-refractivity contribution < 1.29 is 9.59 Å². The van der Waals surface area contributed by atoms with Gasteiger partial charge in [0.15, 0.2) is 0 Å². The lowest BCUT2D eigenvalue weighted by Gasteiger charge is -2.25. The lowest BCUT2D eigenvalue weighted by atomic mass is 10.1. The molecule has 0 bridgehead atoms. The van der Waals surface area contributed by atoms with Crippen molar-refractivity contribution in [2.75, 3.05) is 24.5 Å². The smallest absolute Gasteiger partial charge is 0.236 e. The van der Waals surface area contributed by atoms with Gasteiger partial charge in [0.2, 0.25) is 11.8 Å². The van der Waals surface area contributed by atoms with Gasteiger partial charge in [-0.3, -0.25) is 9.59 Å². The summed E-state index contributed by atoms with van der Waals surface area (Å²) >= 11 is 3.40. The molecule has 1 aromatic rings. The Labute approximate surface area is 133 Å². The van der Waals surface area contributed by atoms with Gasteiger partial charge in [-0.15, -0.1) is 0 Å². The van der Waals surface area contributed by atoms with Crippen LogP contribution in [0.2, 0.25) is 0 Å². The van der Waals surface area contributed by atoms with E-state index in [1.54, 1.807) is 4.90 Å². The molecule has 0 saturated heterocycles. The van der Waals surface area contributed by atoms with Crippen LogP contribution in [-0.2, 0) is 16.1 Å². The number of nitrogens with zero attached hydrogens (tertiary/aromatic N) is 1. The van der Waals surface area contributed by atoms with E-state index >= 15 is 0 Å². The van der Waals surface area contributed by atoms with E-state index in [-0.39, 0.29) is 13.1 Å². The molecule has 0 aliphatic rings. The van der Waals surface area contributed by atoms with Gasteiger partial charge in [-0.25, -0.2) is 0 Å². The van der Waals surface area contributed by atoms with Gasteiger partial charge in [-0.2, -0.15) is 0 Å². The standard InChI is InChI=1S/C14H21BrN4O2/c1-2-5-18-7-10-3-4-11(15)6-12(10)19(8-13(16)20)9-14(17)21/h3-4,6,18H,2,5,7-9H2,1H3,(H2,16,20)(H2,17,21). The third-order valence-electron chi connectivity index (χ3n) is 2.82. The van der Waals surface area contributed by atoms with Crippen LogP contribution in [0.1, 0.15) is 18.9 Å². The normalized spacial score (nSPS) is 10.4. The molecule has 1 rings (SSSR count). The summed E-state index contributed by atoms with van der Waals surface area (Å²) < 4.78 is 0.857. The van der Waals surface area contributed by atoms with Gasteiger partial charge in [0.1, 0.15) is 0 Å². The maximum Gasteiger partial charge on any atom is 0.236 e. The summed E-state index contributed by atoms with van der Waals surface area (Å²) in [4.78, 5) is 24.0. The van der Waals surface area contributed by atoms with Gasteiger partial charge in [-0.1, -0.05) is 28.9 Å². The number of benzene rings is 1. The van der Waals surface area contributed by atoms with Crippen LogP contribution in [0, 0.1) is 0 Å². The number of anilines is 1. The van der Waals surface area contributed by atoms with Crippen molar-refractivity contribution in [3.8, 4) is 0 Å². The molecule has 21 heavy (non-hydrogen) atoms. The molecule has 2 amide bonds. The summed E-state index contributed by atoms with van der Waals surface area (Å²) in [5.74, 6) is -1.02. The summed E-state index contributed by atoms with van der Waals surface area (Å²) in [5.41, 5.74) is 12.3. The van der Waals surface area contributed by atoms with Crippen LogP contribution in [0.3, 0.4) is 0 Å². The second kappa shape index (κ2) is 8.63. The highest BCUT2D eigenvalue weighted by molar-refractivity contribution is 9.10. The van der Waals surface area contributed by atoms with E-state index in [4.69, 9.17) is 11.5 Å². The molecule has 116 valence electrons. The molecule has 7 heteroatoms. The fourth-order valence-electron chi connectivity index (χ4n) is 1.98. The Morgan fingerprint density at radius 3 is 2.38 bits per heavy atom. The quantitative estimate of drug-likeness (QED) is 0.567. The second-order valence-electron chi connectivity index (χ2n) is 4.74. The van der Waals surface area contributed by atoms with E-state index in [0.29, 0.717) is 6.54 Å². The summed E-state index contributed by atoms with van der Waals surface area (Å²) in [5, 5.41) is 3.30. The van der Waals surface area contributed by atoms with Gasteiger partial charge in [0.05, 0.1) is 13.1 Å². The highest BCUT2D eigenvalue weighted by atomic mass is 79.9. The first-order chi connectivity index (χ1) is 9.93. The number of rotatable bonds is 9. The van der Waals surface area contributed by atoms with Gasteiger partial charge in [0.25, 0.3) is 0 Å². The molecule has 0 saturated carbocycles.